The zero-order valence-corrected chi connectivity index (χ0v) is 16.1. The number of carbonyl (C=O) groups is 1. The molecule has 25 heavy (non-hydrogen) atoms. The average molecular weight is 403 g/mol. The van der Waals surface area contributed by atoms with Crippen LogP contribution in [0.25, 0.3) is 11.0 Å². The highest BCUT2D eigenvalue weighted by Gasteiger charge is 2.20. The summed E-state index contributed by atoms with van der Waals surface area (Å²) in [5, 5.41) is 2.29. The zero-order chi connectivity index (χ0) is 18.0. The molecule has 0 aromatic carbocycles. The van der Waals surface area contributed by atoms with Gasteiger partial charge in [0.1, 0.15) is 9.84 Å². The summed E-state index contributed by atoms with van der Waals surface area (Å²) in [6.07, 6.45) is 6.31. The molecular weight excluding hydrogens is 384 g/mol. The number of aromatic nitrogens is 2. The molecule has 0 atom stereocenters. The molecule has 1 fully saturated rings. The molecule has 1 aliphatic heterocycles. The third-order valence-electron chi connectivity index (χ3n) is 4.10. The monoisotopic (exact) mass is 402 g/mol. The van der Waals surface area contributed by atoms with Crippen molar-refractivity contribution in [3.8, 4) is 0 Å². The van der Waals surface area contributed by atoms with Crippen LogP contribution in [0.2, 0.25) is 5.15 Å². The smallest absolute Gasteiger partial charge is 0.246 e. The Labute approximate surface area is 155 Å². The molecule has 0 aliphatic carbocycles. The standard InChI is InChI=1S/C15H19ClN4O3S2/c1-25(22,23)11-9-18-4-6-19(7-5-18)13(21)3-2-12-14(16)17-15-20(12)8-10-24-15/h2-3,8,10H,4-7,9,11H2,1H3/b3-2+. The average Bonchev–Trinajstić information content (AvgIpc) is 3.11. The van der Waals surface area contributed by atoms with Gasteiger partial charge in [0.05, 0.1) is 11.4 Å². The lowest BCUT2D eigenvalue weighted by Gasteiger charge is -2.34. The number of sulfone groups is 1. The summed E-state index contributed by atoms with van der Waals surface area (Å²) in [4.78, 5) is 21.2. The molecule has 0 unspecified atom stereocenters. The van der Waals surface area contributed by atoms with Crippen molar-refractivity contribution in [2.24, 2.45) is 0 Å². The maximum Gasteiger partial charge on any atom is 0.246 e. The third kappa shape index (κ3) is 4.60. The van der Waals surface area contributed by atoms with Crippen LogP contribution in [-0.2, 0) is 14.6 Å². The number of carbonyl (C=O) groups excluding carboxylic acids is 1. The Balaban J connectivity index is 1.56. The van der Waals surface area contributed by atoms with Gasteiger partial charge in [-0.2, -0.15) is 0 Å². The first-order valence-electron chi connectivity index (χ1n) is 7.81. The van der Waals surface area contributed by atoms with Crippen molar-refractivity contribution in [2.75, 3.05) is 44.7 Å². The Hall–Kier alpha value is -1.42. The highest BCUT2D eigenvalue weighted by molar-refractivity contribution is 7.90. The number of rotatable bonds is 5. The van der Waals surface area contributed by atoms with Crippen LogP contribution in [0, 0.1) is 0 Å². The molecule has 0 saturated carbocycles. The number of nitrogens with zero attached hydrogens (tertiary/aromatic N) is 4. The highest BCUT2D eigenvalue weighted by atomic mass is 35.5. The van der Waals surface area contributed by atoms with E-state index in [2.05, 4.69) is 9.88 Å². The van der Waals surface area contributed by atoms with Crippen LogP contribution in [0.5, 0.6) is 0 Å². The van der Waals surface area contributed by atoms with E-state index in [1.165, 1.54) is 23.7 Å². The fourth-order valence-corrected chi connectivity index (χ4v) is 4.26. The second-order valence-corrected chi connectivity index (χ2v) is 9.46. The van der Waals surface area contributed by atoms with Crippen LogP contribution >= 0.6 is 22.9 Å². The van der Waals surface area contributed by atoms with Crippen LogP contribution < -0.4 is 0 Å². The summed E-state index contributed by atoms with van der Waals surface area (Å²) in [7, 11) is -2.96. The number of imidazole rings is 1. The van der Waals surface area contributed by atoms with E-state index in [-0.39, 0.29) is 11.7 Å². The molecule has 136 valence electrons. The first kappa shape index (κ1) is 18.4. The van der Waals surface area contributed by atoms with E-state index in [0.29, 0.717) is 43.6 Å². The summed E-state index contributed by atoms with van der Waals surface area (Å²) >= 11 is 7.59. The Morgan fingerprint density at radius 2 is 2.08 bits per heavy atom. The van der Waals surface area contributed by atoms with Gasteiger partial charge in [-0.25, -0.2) is 13.4 Å². The fraction of sp³-hybridized carbons (Fsp3) is 0.467. The predicted molar refractivity (Wildman–Crippen MR) is 99.8 cm³/mol. The molecular formula is C15H19ClN4O3S2. The molecule has 7 nitrogen and oxygen atoms in total. The van der Waals surface area contributed by atoms with Crippen molar-refractivity contribution in [1.82, 2.24) is 19.2 Å². The molecule has 1 aliphatic rings. The van der Waals surface area contributed by atoms with Crippen molar-refractivity contribution >= 4 is 49.7 Å². The summed E-state index contributed by atoms with van der Waals surface area (Å²) in [5.74, 6) is 0.0704. The summed E-state index contributed by atoms with van der Waals surface area (Å²) in [6.45, 7) is 3.04. The molecule has 0 radical (unpaired) electrons. The largest absolute Gasteiger partial charge is 0.337 e. The lowest BCUT2D eigenvalue weighted by atomic mass is 10.3. The van der Waals surface area contributed by atoms with Crippen LogP contribution in [0.3, 0.4) is 0 Å². The Morgan fingerprint density at radius 1 is 1.36 bits per heavy atom. The molecule has 2 aromatic rings. The van der Waals surface area contributed by atoms with Gasteiger partial charge in [0.25, 0.3) is 0 Å². The second-order valence-electron chi connectivity index (χ2n) is 5.97. The molecule has 0 spiro atoms. The van der Waals surface area contributed by atoms with Gasteiger partial charge < -0.3 is 4.90 Å². The van der Waals surface area contributed by atoms with Crippen LogP contribution in [0.4, 0.5) is 0 Å². The molecule has 10 heteroatoms. The predicted octanol–water partition coefficient (Wildman–Crippen LogP) is 1.25. The van der Waals surface area contributed by atoms with Crippen molar-refractivity contribution in [2.45, 2.75) is 0 Å². The number of piperazine rings is 1. The molecule has 3 rings (SSSR count). The topological polar surface area (TPSA) is 75.0 Å². The van der Waals surface area contributed by atoms with Gasteiger partial charge >= 0.3 is 0 Å². The fourth-order valence-electron chi connectivity index (χ4n) is 2.67. The van der Waals surface area contributed by atoms with Crippen molar-refractivity contribution < 1.29 is 13.2 Å². The Kier molecular flexibility index (Phi) is 5.47. The summed E-state index contributed by atoms with van der Waals surface area (Å²) < 4.78 is 24.3. The van der Waals surface area contributed by atoms with Gasteiger partial charge in [0.2, 0.25) is 5.91 Å². The third-order valence-corrected chi connectivity index (χ3v) is 6.06. The minimum absolute atomic E-state index is 0.0796. The van der Waals surface area contributed by atoms with E-state index in [9.17, 15) is 13.2 Å². The van der Waals surface area contributed by atoms with Gasteiger partial charge in [-0.15, -0.1) is 11.3 Å². The van der Waals surface area contributed by atoms with Crippen LogP contribution in [-0.4, -0.2) is 78.2 Å². The number of hydrogen-bond donors (Lipinski definition) is 0. The van der Waals surface area contributed by atoms with Gasteiger partial charge in [0.15, 0.2) is 10.1 Å². The van der Waals surface area contributed by atoms with E-state index < -0.39 is 9.84 Å². The van der Waals surface area contributed by atoms with Crippen LogP contribution in [0.1, 0.15) is 5.69 Å². The first-order chi connectivity index (χ1) is 11.8. The van der Waals surface area contributed by atoms with E-state index in [1.807, 2.05) is 16.0 Å². The second kappa shape index (κ2) is 7.45. The number of hydrogen-bond acceptors (Lipinski definition) is 6. The number of halogens is 1. The summed E-state index contributed by atoms with van der Waals surface area (Å²) in [6, 6.07) is 0. The number of amides is 1. The molecule has 1 amide bonds. The van der Waals surface area contributed by atoms with Gasteiger partial charge in [-0.05, 0) is 6.08 Å². The van der Waals surface area contributed by atoms with Gasteiger partial charge in [0, 0.05) is 56.6 Å². The molecule has 2 aromatic heterocycles. The maximum absolute atomic E-state index is 12.4. The minimum Gasteiger partial charge on any atom is -0.337 e. The van der Waals surface area contributed by atoms with Crippen molar-refractivity contribution in [1.29, 1.82) is 0 Å². The van der Waals surface area contributed by atoms with Gasteiger partial charge in [-0.3, -0.25) is 14.1 Å². The highest BCUT2D eigenvalue weighted by Crippen LogP contribution is 2.22. The molecule has 3 heterocycles. The van der Waals surface area contributed by atoms with Gasteiger partial charge in [-0.1, -0.05) is 11.6 Å². The van der Waals surface area contributed by atoms with E-state index in [4.69, 9.17) is 11.6 Å². The molecule has 0 N–H and O–H groups in total. The maximum atomic E-state index is 12.4. The minimum atomic E-state index is -2.96. The summed E-state index contributed by atoms with van der Waals surface area (Å²) in [5.41, 5.74) is 0.693. The Morgan fingerprint density at radius 3 is 2.76 bits per heavy atom. The van der Waals surface area contributed by atoms with Crippen molar-refractivity contribution in [3.05, 3.63) is 28.5 Å². The quantitative estimate of drug-likeness (QED) is 0.703. The number of fused-ring (bicyclic) bond motifs is 1. The lowest BCUT2D eigenvalue weighted by molar-refractivity contribution is -0.127. The normalized spacial score (nSPS) is 17.0. The van der Waals surface area contributed by atoms with E-state index >= 15 is 0 Å². The Bertz CT molecular complexity index is 895. The molecule has 1 saturated heterocycles. The number of thiazole rings is 1. The SMILES string of the molecule is CS(=O)(=O)CCN1CCN(C(=O)/C=C/c2c(Cl)nc3sccn23)CC1. The first-order valence-corrected chi connectivity index (χ1v) is 11.1. The molecule has 0 bridgehead atoms. The van der Waals surface area contributed by atoms with E-state index in [0.717, 1.165) is 4.96 Å². The lowest BCUT2D eigenvalue weighted by Crippen LogP contribution is -2.49. The van der Waals surface area contributed by atoms with E-state index in [1.54, 1.807) is 11.0 Å². The van der Waals surface area contributed by atoms with Crippen LogP contribution in [0.15, 0.2) is 17.7 Å². The zero-order valence-electron chi connectivity index (χ0n) is 13.8. The van der Waals surface area contributed by atoms with Crippen molar-refractivity contribution in [3.63, 3.8) is 0 Å².